The summed E-state index contributed by atoms with van der Waals surface area (Å²) in [6.45, 7) is 2.12. The first-order valence-corrected chi connectivity index (χ1v) is 10.1. The predicted octanol–water partition coefficient (Wildman–Crippen LogP) is 8.49. The molecular formula is C31H28Ti. The van der Waals surface area contributed by atoms with Gasteiger partial charge in [-0.15, -0.1) is 57.3 Å². The second kappa shape index (κ2) is 11.2. The largest absolute Gasteiger partial charge is 4.00 e. The van der Waals surface area contributed by atoms with Crippen molar-refractivity contribution >= 4 is 10.8 Å². The zero-order valence-corrected chi connectivity index (χ0v) is 20.6. The molecule has 1 heteroatoms. The van der Waals surface area contributed by atoms with Gasteiger partial charge in [-0.3, -0.25) is 0 Å². The van der Waals surface area contributed by atoms with Gasteiger partial charge in [-0.05, 0) is 12.0 Å². The van der Waals surface area contributed by atoms with Crippen molar-refractivity contribution in [3.8, 4) is 22.3 Å². The van der Waals surface area contributed by atoms with Crippen LogP contribution in [-0.4, -0.2) is 0 Å². The van der Waals surface area contributed by atoms with Crippen LogP contribution in [0.5, 0.6) is 0 Å². The minimum Gasteiger partial charge on any atom is -0.358 e. The molecule has 1 aliphatic carbocycles. The molecule has 0 atom stereocenters. The fourth-order valence-corrected chi connectivity index (χ4v) is 4.26. The Labute approximate surface area is 208 Å². The molecule has 0 N–H and O–H groups in total. The van der Waals surface area contributed by atoms with Crippen LogP contribution in [-0.2, 0) is 28.1 Å². The van der Waals surface area contributed by atoms with E-state index in [1.807, 2.05) is 6.07 Å². The third kappa shape index (κ3) is 4.99. The summed E-state index contributed by atoms with van der Waals surface area (Å²) in [6, 6.07) is 39.8. The smallest absolute Gasteiger partial charge is 0.358 e. The molecule has 0 heterocycles. The molecule has 0 spiro atoms. The summed E-state index contributed by atoms with van der Waals surface area (Å²) < 4.78 is 0. The summed E-state index contributed by atoms with van der Waals surface area (Å²) >= 11 is 0. The first-order valence-electron chi connectivity index (χ1n) is 10.1. The van der Waals surface area contributed by atoms with Gasteiger partial charge in [0.25, 0.3) is 0 Å². The fraction of sp³-hybridized carbons (Fsp3) is 0.0645. The normalized spacial score (nSPS) is 10.4. The molecule has 0 amide bonds. The van der Waals surface area contributed by atoms with E-state index >= 15 is 0 Å². The van der Waals surface area contributed by atoms with Crippen molar-refractivity contribution in [3.05, 3.63) is 141 Å². The van der Waals surface area contributed by atoms with Crippen LogP contribution >= 0.6 is 0 Å². The number of aryl methyl sites for hydroxylation is 1. The average molecular weight is 448 g/mol. The van der Waals surface area contributed by atoms with Crippen molar-refractivity contribution in [1.29, 1.82) is 0 Å². The van der Waals surface area contributed by atoms with Gasteiger partial charge in [0, 0.05) is 0 Å². The molecule has 0 aromatic heterocycles. The molecule has 5 aromatic carbocycles. The molecule has 6 rings (SSSR count). The molecule has 1 aliphatic rings. The molecule has 0 bridgehead atoms. The molecule has 32 heavy (non-hydrogen) atoms. The fourth-order valence-electron chi connectivity index (χ4n) is 4.26. The summed E-state index contributed by atoms with van der Waals surface area (Å²) in [4.78, 5) is 0. The Morgan fingerprint density at radius 2 is 1.44 bits per heavy atom. The van der Waals surface area contributed by atoms with Gasteiger partial charge in [0.1, 0.15) is 0 Å². The van der Waals surface area contributed by atoms with Crippen molar-refractivity contribution in [2.75, 3.05) is 0 Å². The maximum absolute atomic E-state index is 3.41. The van der Waals surface area contributed by atoms with Crippen LogP contribution in [0.3, 0.4) is 0 Å². The number of fused-ring (bicyclic) bond motifs is 4. The minimum absolute atomic E-state index is 0. The van der Waals surface area contributed by atoms with E-state index in [1.165, 1.54) is 49.7 Å². The Kier molecular flexibility index (Phi) is 8.90. The van der Waals surface area contributed by atoms with E-state index in [0.717, 1.165) is 6.42 Å². The van der Waals surface area contributed by atoms with Crippen LogP contribution < -0.4 is 0 Å². The van der Waals surface area contributed by atoms with E-state index in [0.29, 0.717) is 0 Å². The zero-order chi connectivity index (χ0) is 19.6. The van der Waals surface area contributed by atoms with Gasteiger partial charge in [-0.25, -0.2) is 0 Å². The van der Waals surface area contributed by atoms with E-state index in [4.69, 9.17) is 0 Å². The van der Waals surface area contributed by atoms with Crippen molar-refractivity contribution < 1.29 is 21.7 Å². The van der Waals surface area contributed by atoms with E-state index in [1.54, 1.807) is 0 Å². The second-order valence-electron chi connectivity index (χ2n) is 7.61. The number of hydrogen-bond acceptors (Lipinski definition) is 0. The molecule has 0 aliphatic heterocycles. The van der Waals surface area contributed by atoms with E-state index < -0.39 is 0 Å². The molecular weight excluding hydrogens is 420 g/mol. The van der Waals surface area contributed by atoms with Crippen LogP contribution in [0.1, 0.15) is 16.7 Å². The van der Waals surface area contributed by atoms with Gasteiger partial charge >= 0.3 is 21.7 Å². The second-order valence-corrected chi connectivity index (χ2v) is 7.61. The number of rotatable bonds is 1. The van der Waals surface area contributed by atoms with Crippen molar-refractivity contribution in [2.24, 2.45) is 0 Å². The van der Waals surface area contributed by atoms with Gasteiger partial charge in [0.2, 0.25) is 0 Å². The standard InChI is InChI=1S/C19H13.C10H9.2CH3.Ti/c1-2-7-14(8-3-1)17-12-6-10-16-13-15-9-4-5-11-18(15)19(16)17;1-8-6-9-4-2-3-5-10(9)7-8;;;/h1-9,11-12H,13H2;2-7H,1H3;2*1H3;/q4*-1;+4. The van der Waals surface area contributed by atoms with Gasteiger partial charge in [0.15, 0.2) is 0 Å². The Morgan fingerprint density at radius 1 is 0.750 bits per heavy atom. The van der Waals surface area contributed by atoms with Crippen LogP contribution in [0.25, 0.3) is 33.0 Å². The number of hydrogen-bond donors (Lipinski definition) is 0. The van der Waals surface area contributed by atoms with Crippen molar-refractivity contribution in [1.82, 2.24) is 0 Å². The van der Waals surface area contributed by atoms with Crippen LogP contribution in [0.4, 0.5) is 0 Å². The van der Waals surface area contributed by atoms with Crippen molar-refractivity contribution in [3.63, 3.8) is 0 Å². The average Bonchev–Trinajstić information content (AvgIpc) is 3.34. The summed E-state index contributed by atoms with van der Waals surface area (Å²) in [5, 5.41) is 2.69. The quantitative estimate of drug-likeness (QED) is 0.175. The van der Waals surface area contributed by atoms with Gasteiger partial charge < -0.3 is 14.9 Å². The summed E-state index contributed by atoms with van der Waals surface area (Å²) in [5.74, 6) is 0. The first kappa shape index (κ1) is 25.5. The predicted molar refractivity (Wildman–Crippen MR) is 136 cm³/mol. The van der Waals surface area contributed by atoms with Gasteiger partial charge in [0.05, 0.1) is 0 Å². The van der Waals surface area contributed by atoms with Gasteiger partial charge in [-0.2, -0.15) is 24.3 Å². The summed E-state index contributed by atoms with van der Waals surface area (Å²) in [7, 11) is 0. The Morgan fingerprint density at radius 3 is 2.22 bits per heavy atom. The third-order valence-corrected chi connectivity index (χ3v) is 5.58. The molecule has 0 saturated carbocycles. The Balaban J connectivity index is 0.000000241. The first-order chi connectivity index (χ1) is 14.3. The third-order valence-electron chi connectivity index (χ3n) is 5.58. The molecule has 0 unspecified atom stereocenters. The molecule has 5 aromatic rings. The summed E-state index contributed by atoms with van der Waals surface area (Å²) in [6.07, 6.45) is 1.01. The summed E-state index contributed by atoms with van der Waals surface area (Å²) in [5.41, 5.74) is 9.42. The maximum Gasteiger partial charge on any atom is 4.00 e. The minimum atomic E-state index is 0. The molecule has 0 fully saturated rings. The van der Waals surface area contributed by atoms with E-state index in [2.05, 4.69) is 110 Å². The van der Waals surface area contributed by atoms with E-state index in [9.17, 15) is 0 Å². The van der Waals surface area contributed by atoms with Crippen LogP contribution in [0, 0.1) is 27.8 Å². The molecule has 0 nitrogen and oxygen atoms in total. The SMILES string of the molecule is Cc1cc2ccccc2[cH-]1.[CH3-].[CH3-].[Ti+4].[c-]1ccc(-c2ccccc2)c2c1Cc1ccccc1-2. The monoisotopic (exact) mass is 448 g/mol. The van der Waals surface area contributed by atoms with Crippen molar-refractivity contribution in [2.45, 2.75) is 13.3 Å². The molecule has 0 saturated heterocycles. The molecule has 0 radical (unpaired) electrons. The Bertz CT molecular complexity index is 1250. The van der Waals surface area contributed by atoms with Crippen LogP contribution in [0.2, 0.25) is 0 Å². The zero-order valence-electron chi connectivity index (χ0n) is 19.0. The Hall–Kier alpha value is -2.80. The molecule has 156 valence electrons. The van der Waals surface area contributed by atoms with E-state index in [-0.39, 0.29) is 36.6 Å². The maximum atomic E-state index is 3.41. The topological polar surface area (TPSA) is 0 Å². The number of benzene rings is 4. The van der Waals surface area contributed by atoms with Crippen LogP contribution in [0.15, 0.2) is 103 Å². The van der Waals surface area contributed by atoms with Gasteiger partial charge in [-0.1, -0.05) is 78.7 Å².